The highest BCUT2D eigenvalue weighted by molar-refractivity contribution is 6.28. The molecule has 13 nitrogen and oxygen atoms in total. The summed E-state index contributed by atoms with van der Waals surface area (Å²) in [6, 6.07) is 61.3. The fourth-order valence-electron chi connectivity index (χ4n) is 10.8. The standard InChI is InChI=1S/C62H37N13/c1-5-17-41-37(13-1)28-32-64-58(41)55-54(48-25-24-38-14-3-7-19-44(38)67-48)53(43-29-34-74-33-10-9-22-51(43)74)61-57(56(55)59-42-18-6-2-16-40(42)36-66-73-59)60(49-27-26-46-47(68-49)21-11-30-63-46)69-62(75(61)52-23-12-31-65-72-52)50-35-39-15-4-8-20-45(39)70-71-50/h1-36,62H. The molecule has 0 amide bonds. The third-order valence-corrected chi connectivity index (χ3v) is 14.1. The first-order valence-corrected chi connectivity index (χ1v) is 24.5. The Hall–Kier alpha value is -10.5. The molecule has 0 spiro atoms. The molecule has 13 heteroatoms. The number of para-hydroxylation sites is 1. The van der Waals surface area contributed by atoms with E-state index in [-0.39, 0.29) is 0 Å². The predicted octanol–water partition coefficient (Wildman–Crippen LogP) is 13.0. The molecule has 1 atom stereocenters. The molecule has 1 aliphatic heterocycles. The van der Waals surface area contributed by atoms with Crippen LogP contribution < -0.4 is 4.90 Å². The number of aromatic nitrogens is 11. The zero-order valence-corrected chi connectivity index (χ0v) is 39.7. The Bertz CT molecular complexity index is 4640. The van der Waals surface area contributed by atoms with Gasteiger partial charge in [-0.15, -0.1) is 10.2 Å². The number of nitrogens with zero attached hydrogens (tertiary/aromatic N) is 13. The van der Waals surface area contributed by atoms with Gasteiger partial charge in [0.05, 0.1) is 62.3 Å². The zero-order chi connectivity index (χ0) is 49.4. The molecule has 0 bridgehead atoms. The molecule has 75 heavy (non-hydrogen) atoms. The summed E-state index contributed by atoms with van der Waals surface area (Å²) < 4.78 is 2.15. The largest absolute Gasteiger partial charge is 0.323 e. The average molecular weight is 964 g/mol. The molecule has 5 aromatic carbocycles. The summed E-state index contributed by atoms with van der Waals surface area (Å²) in [5.41, 5.74) is 13.3. The molecule has 0 radical (unpaired) electrons. The van der Waals surface area contributed by atoms with Gasteiger partial charge in [0.25, 0.3) is 0 Å². The van der Waals surface area contributed by atoms with Crippen LogP contribution >= 0.6 is 0 Å². The second-order valence-electron chi connectivity index (χ2n) is 18.4. The van der Waals surface area contributed by atoms with Gasteiger partial charge in [0.1, 0.15) is 11.4 Å². The van der Waals surface area contributed by atoms with Crippen LogP contribution in [0.25, 0.3) is 105 Å². The van der Waals surface area contributed by atoms with Crippen molar-refractivity contribution in [3.8, 4) is 44.9 Å². The minimum Gasteiger partial charge on any atom is -0.323 e. The van der Waals surface area contributed by atoms with Gasteiger partial charge in [-0.05, 0) is 90.3 Å². The number of aliphatic imine (C=N–C) groups is 1. The normalized spacial score (nSPS) is 13.5. The van der Waals surface area contributed by atoms with Crippen LogP contribution in [0.2, 0.25) is 0 Å². The Morgan fingerprint density at radius 2 is 1.16 bits per heavy atom. The van der Waals surface area contributed by atoms with Gasteiger partial charge in [-0.1, -0.05) is 97.1 Å². The lowest BCUT2D eigenvalue weighted by molar-refractivity contribution is 0.679. The second-order valence-corrected chi connectivity index (χ2v) is 18.4. The van der Waals surface area contributed by atoms with Crippen molar-refractivity contribution in [2.24, 2.45) is 4.99 Å². The van der Waals surface area contributed by atoms with E-state index in [2.05, 4.69) is 118 Å². The van der Waals surface area contributed by atoms with Crippen LogP contribution in [0, 0.1) is 0 Å². The van der Waals surface area contributed by atoms with E-state index in [0.29, 0.717) is 45.4 Å². The molecular weight excluding hydrogens is 927 g/mol. The van der Waals surface area contributed by atoms with E-state index in [1.165, 1.54) is 0 Å². The van der Waals surface area contributed by atoms with E-state index in [9.17, 15) is 0 Å². The zero-order valence-electron chi connectivity index (χ0n) is 39.7. The lowest BCUT2D eigenvalue weighted by atomic mass is 9.78. The number of rotatable bonds is 7. The van der Waals surface area contributed by atoms with E-state index in [1.54, 1.807) is 12.4 Å². The van der Waals surface area contributed by atoms with Crippen molar-refractivity contribution in [3.63, 3.8) is 0 Å². The van der Waals surface area contributed by atoms with Crippen molar-refractivity contribution in [2.75, 3.05) is 4.90 Å². The Morgan fingerprint density at radius 3 is 2.05 bits per heavy atom. The predicted molar refractivity (Wildman–Crippen MR) is 294 cm³/mol. The molecule has 0 saturated carbocycles. The Kier molecular flexibility index (Phi) is 9.60. The Balaban J connectivity index is 1.24. The number of fused-ring (bicyclic) bond motifs is 7. The molecule has 9 aromatic heterocycles. The molecule has 1 unspecified atom stereocenters. The van der Waals surface area contributed by atoms with Crippen molar-refractivity contribution in [1.29, 1.82) is 0 Å². The molecule has 0 N–H and O–H groups in total. The van der Waals surface area contributed by atoms with Crippen molar-refractivity contribution in [3.05, 3.63) is 236 Å². The quantitative estimate of drug-likeness (QED) is 0.150. The summed E-state index contributed by atoms with van der Waals surface area (Å²) in [7, 11) is 0. The minimum atomic E-state index is -0.884. The van der Waals surface area contributed by atoms with Gasteiger partial charge in [0, 0.05) is 91.3 Å². The summed E-state index contributed by atoms with van der Waals surface area (Å²) in [5.74, 6) is 0.519. The molecule has 0 aliphatic carbocycles. The van der Waals surface area contributed by atoms with Crippen LogP contribution in [0.3, 0.4) is 0 Å². The highest BCUT2D eigenvalue weighted by Crippen LogP contribution is 2.58. The number of hydrogen-bond acceptors (Lipinski definition) is 12. The first-order chi connectivity index (χ1) is 37.2. The summed E-state index contributed by atoms with van der Waals surface area (Å²) in [6.07, 6.45) is 10.4. The number of benzene rings is 5. The molecule has 14 aromatic rings. The molecule has 0 fully saturated rings. The first kappa shape index (κ1) is 42.2. The van der Waals surface area contributed by atoms with Gasteiger partial charge in [-0.25, -0.2) is 9.97 Å². The number of hydrogen-bond donors (Lipinski definition) is 0. The van der Waals surface area contributed by atoms with Gasteiger partial charge in [0.15, 0.2) is 12.0 Å². The second kappa shape index (κ2) is 17.1. The molecule has 0 saturated heterocycles. The summed E-state index contributed by atoms with van der Waals surface area (Å²) in [5, 5.41) is 35.0. The van der Waals surface area contributed by atoms with E-state index in [1.807, 2.05) is 103 Å². The first-order valence-electron chi connectivity index (χ1n) is 24.5. The van der Waals surface area contributed by atoms with Gasteiger partial charge in [-0.3, -0.25) is 19.9 Å². The number of anilines is 2. The van der Waals surface area contributed by atoms with E-state index in [4.69, 9.17) is 50.4 Å². The van der Waals surface area contributed by atoms with E-state index < -0.39 is 6.17 Å². The average Bonchev–Trinajstić information content (AvgIpc) is 4.00. The fourth-order valence-corrected chi connectivity index (χ4v) is 10.8. The summed E-state index contributed by atoms with van der Waals surface area (Å²) in [4.78, 5) is 29.3. The third-order valence-electron chi connectivity index (χ3n) is 14.1. The van der Waals surface area contributed by atoms with Gasteiger partial charge < -0.3 is 4.40 Å². The van der Waals surface area contributed by atoms with Crippen molar-refractivity contribution >= 4 is 77.1 Å². The maximum absolute atomic E-state index is 5.93. The molecule has 15 rings (SSSR count). The van der Waals surface area contributed by atoms with Crippen LogP contribution in [0.15, 0.2) is 224 Å². The summed E-state index contributed by atoms with van der Waals surface area (Å²) >= 11 is 0. The van der Waals surface area contributed by atoms with Gasteiger partial charge in [-0.2, -0.15) is 20.4 Å². The molecule has 350 valence electrons. The maximum Gasteiger partial charge on any atom is 0.172 e. The van der Waals surface area contributed by atoms with Crippen LogP contribution in [0.1, 0.15) is 23.1 Å². The SMILES string of the molecule is c1cnnc(N2c3c(c(-c4nncc5ccccc45)c(-c4nccc5ccccc45)c(-c4ccc5ccccc5n4)c3-c3ccn4ccccc34)C(c3ccc4ncccc4n3)=NC2c2cc3ccccc3nn2)c1. The van der Waals surface area contributed by atoms with Crippen molar-refractivity contribution < 1.29 is 0 Å². The van der Waals surface area contributed by atoms with E-state index >= 15 is 0 Å². The number of pyridine rings is 5. The molecule has 10 heterocycles. The van der Waals surface area contributed by atoms with Gasteiger partial charge in [0.2, 0.25) is 0 Å². The fraction of sp³-hybridized carbons (Fsp3) is 0.0161. The lowest BCUT2D eigenvalue weighted by Crippen LogP contribution is -2.33. The highest BCUT2D eigenvalue weighted by atomic mass is 15.4. The van der Waals surface area contributed by atoms with Crippen molar-refractivity contribution in [1.82, 2.24) is 54.9 Å². The van der Waals surface area contributed by atoms with Crippen molar-refractivity contribution in [2.45, 2.75) is 6.17 Å². The third kappa shape index (κ3) is 6.82. The van der Waals surface area contributed by atoms with E-state index in [0.717, 1.165) is 93.6 Å². The minimum absolute atomic E-state index is 0.519. The maximum atomic E-state index is 5.93. The summed E-state index contributed by atoms with van der Waals surface area (Å²) in [6.45, 7) is 0. The van der Waals surface area contributed by atoms with Crippen LogP contribution in [0.4, 0.5) is 11.5 Å². The molecular formula is C62H37N13. The van der Waals surface area contributed by atoms with Crippen LogP contribution in [-0.4, -0.2) is 60.6 Å². The highest BCUT2D eigenvalue weighted by Gasteiger charge is 2.42. The smallest absolute Gasteiger partial charge is 0.172 e. The van der Waals surface area contributed by atoms with Crippen LogP contribution in [0.5, 0.6) is 0 Å². The molecule has 1 aliphatic rings. The topological polar surface area (TPSA) is 149 Å². The van der Waals surface area contributed by atoms with Gasteiger partial charge >= 0.3 is 0 Å². The van der Waals surface area contributed by atoms with Crippen LogP contribution in [-0.2, 0) is 0 Å². The monoisotopic (exact) mass is 963 g/mol. The Morgan fingerprint density at radius 1 is 0.413 bits per heavy atom. The Labute approximate surface area is 427 Å². The lowest BCUT2D eigenvalue weighted by Gasteiger charge is -2.39.